The van der Waals surface area contributed by atoms with Crippen molar-refractivity contribution in [2.45, 2.75) is 6.92 Å². The first-order valence-electron chi connectivity index (χ1n) is 18.8. The van der Waals surface area contributed by atoms with Gasteiger partial charge in [-0.25, -0.2) is 0 Å². The van der Waals surface area contributed by atoms with Crippen molar-refractivity contribution in [3.8, 4) is 56.6 Å². The van der Waals surface area contributed by atoms with Gasteiger partial charge in [0, 0.05) is 17.1 Å². The van der Waals surface area contributed by atoms with Crippen LogP contribution in [0.2, 0.25) is 0 Å². The predicted octanol–water partition coefficient (Wildman–Crippen LogP) is 13.9. The molecule has 0 amide bonds. The van der Waals surface area contributed by atoms with E-state index in [9.17, 15) is 10.5 Å². The van der Waals surface area contributed by atoms with Crippen LogP contribution in [0.15, 0.2) is 182 Å². The van der Waals surface area contributed by atoms with E-state index in [0.717, 1.165) is 50.1 Å². The Hall–Kier alpha value is -7.72. The number of para-hydroxylation sites is 2. The van der Waals surface area contributed by atoms with Gasteiger partial charge in [0.2, 0.25) is 0 Å². The molecule has 0 aliphatic heterocycles. The van der Waals surface area contributed by atoms with E-state index in [0.29, 0.717) is 11.1 Å². The van der Waals surface area contributed by atoms with Crippen molar-refractivity contribution in [3.63, 3.8) is 0 Å². The van der Waals surface area contributed by atoms with Crippen LogP contribution in [-0.2, 0) is 0 Å². The lowest BCUT2D eigenvalue weighted by Crippen LogP contribution is -2.15. The van der Waals surface area contributed by atoms with E-state index in [4.69, 9.17) is 0 Å². The lowest BCUT2D eigenvalue weighted by atomic mass is 9.82. The van der Waals surface area contributed by atoms with Gasteiger partial charge in [-0.15, -0.1) is 0 Å². The second-order valence-corrected chi connectivity index (χ2v) is 14.3. The minimum Gasteiger partial charge on any atom is -0.311 e. The van der Waals surface area contributed by atoms with Gasteiger partial charge < -0.3 is 4.90 Å². The van der Waals surface area contributed by atoms with Crippen molar-refractivity contribution < 1.29 is 0 Å². The standard InChI is InChI=1S/C53H33N3/c1-3-38(56(39-12-6-4-7-13-39)40-14-8-5-9-15-40)30-47-33(2)41-26-28-45-51-46(29-27-44(47)50(41)51)53-49(37-24-20-35(32-55)21-25-37)43-17-11-10-16-42(43)48(52(45)53)36-22-18-34(31-54)19-23-36/h3-30H,1H2,2H3/b38-30+. The fourth-order valence-corrected chi connectivity index (χ4v) is 8.95. The second-order valence-electron chi connectivity index (χ2n) is 14.3. The minimum atomic E-state index is 0.633. The fraction of sp³-hybridized carbons (Fsp3) is 0.0189. The van der Waals surface area contributed by atoms with E-state index in [1.165, 1.54) is 55.3 Å². The first kappa shape index (κ1) is 32.9. The Labute approximate surface area is 326 Å². The third-order valence-electron chi connectivity index (χ3n) is 11.4. The van der Waals surface area contributed by atoms with Crippen molar-refractivity contribution in [1.82, 2.24) is 0 Å². The number of benzene rings is 8. The molecule has 0 unspecified atom stereocenters. The molecule has 0 N–H and O–H groups in total. The van der Waals surface area contributed by atoms with Crippen LogP contribution >= 0.6 is 0 Å². The molecule has 0 aromatic heterocycles. The SMILES string of the molecule is C=C/C(=C\C1=C(C)c2ccc3c4c(ccc1c24)-c1c-3c(-c2ccc(C#N)cc2)c2ccccc2c1-c1ccc(C#N)cc1)N(c1ccccc1)c1ccccc1. The Bertz CT molecular complexity index is 2930. The molecule has 0 saturated heterocycles. The summed E-state index contributed by atoms with van der Waals surface area (Å²) in [5, 5.41) is 24.2. The molecule has 0 saturated carbocycles. The highest BCUT2D eigenvalue weighted by atomic mass is 15.1. The summed E-state index contributed by atoms with van der Waals surface area (Å²) >= 11 is 0. The van der Waals surface area contributed by atoms with E-state index >= 15 is 0 Å². The Morgan fingerprint density at radius 1 is 0.500 bits per heavy atom. The fourth-order valence-electron chi connectivity index (χ4n) is 8.95. The summed E-state index contributed by atoms with van der Waals surface area (Å²) in [5.74, 6) is 0. The summed E-state index contributed by atoms with van der Waals surface area (Å²) in [6.07, 6.45) is 4.24. The maximum Gasteiger partial charge on any atom is 0.0991 e. The van der Waals surface area contributed by atoms with Gasteiger partial charge in [0.15, 0.2) is 0 Å². The molecular weight excluding hydrogens is 679 g/mol. The summed E-state index contributed by atoms with van der Waals surface area (Å²) < 4.78 is 0. The molecular formula is C53H33N3. The first-order valence-corrected chi connectivity index (χ1v) is 18.8. The molecule has 10 rings (SSSR count). The highest BCUT2D eigenvalue weighted by molar-refractivity contribution is 6.31. The highest BCUT2D eigenvalue weighted by Gasteiger charge is 2.34. The summed E-state index contributed by atoms with van der Waals surface area (Å²) in [7, 11) is 0. The molecule has 0 fully saturated rings. The number of fused-ring (bicyclic) bond motifs is 4. The number of rotatable bonds is 7. The van der Waals surface area contributed by atoms with Gasteiger partial charge in [0.05, 0.1) is 23.3 Å². The van der Waals surface area contributed by atoms with Gasteiger partial charge >= 0.3 is 0 Å². The molecule has 3 heteroatoms. The van der Waals surface area contributed by atoms with Gasteiger partial charge in [-0.2, -0.15) is 10.5 Å². The third kappa shape index (κ3) is 4.89. The highest BCUT2D eigenvalue weighted by Crippen LogP contribution is 2.60. The van der Waals surface area contributed by atoms with Crippen molar-refractivity contribution in [1.29, 1.82) is 10.5 Å². The molecule has 8 aromatic rings. The molecule has 0 radical (unpaired) electrons. The average molecular weight is 712 g/mol. The number of nitrogens with zero attached hydrogens (tertiary/aromatic N) is 3. The van der Waals surface area contributed by atoms with Crippen molar-refractivity contribution in [3.05, 3.63) is 204 Å². The van der Waals surface area contributed by atoms with Gasteiger partial charge in [0.25, 0.3) is 0 Å². The maximum atomic E-state index is 9.68. The zero-order valence-electron chi connectivity index (χ0n) is 30.7. The predicted molar refractivity (Wildman–Crippen MR) is 232 cm³/mol. The molecule has 260 valence electrons. The lowest BCUT2D eigenvalue weighted by molar-refractivity contribution is 1.21. The average Bonchev–Trinajstić information content (AvgIpc) is 3.73. The van der Waals surface area contributed by atoms with E-state index in [1.54, 1.807) is 0 Å². The largest absolute Gasteiger partial charge is 0.311 e. The zero-order valence-corrected chi connectivity index (χ0v) is 30.7. The monoisotopic (exact) mass is 711 g/mol. The molecule has 2 aliphatic carbocycles. The van der Waals surface area contributed by atoms with Crippen LogP contribution in [-0.4, -0.2) is 0 Å². The van der Waals surface area contributed by atoms with Crippen LogP contribution in [0.1, 0.15) is 29.2 Å². The van der Waals surface area contributed by atoms with Crippen molar-refractivity contribution in [2.24, 2.45) is 0 Å². The number of anilines is 2. The van der Waals surface area contributed by atoms with Crippen LogP contribution in [0.3, 0.4) is 0 Å². The number of allylic oxidation sites excluding steroid dienone is 4. The first-order chi connectivity index (χ1) is 27.6. The normalized spacial score (nSPS) is 12.4. The number of hydrogen-bond donors (Lipinski definition) is 0. The Kier molecular flexibility index (Phi) is 7.63. The van der Waals surface area contributed by atoms with Crippen molar-refractivity contribution in [2.75, 3.05) is 4.90 Å². The third-order valence-corrected chi connectivity index (χ3v) is 11.4. The van der Waals surface area contributed by atoms with Crippen molar-refractivity contribution >= 4 is 44.1 Å². The lowest BCUT2D eigenvalue weighted by Gasteiger charge is -2.26. The van der Waals surface area contributed by atoms with E-state index in [2.05, 4.69) is 158 Å². The van der Waals surface area contributed by atoms with Gasteiger partial charge in [-0.3, -0.25) is 0 Å². The van der Waals surface area contributed by atoms with Gasteiger partial charge in [0.1, 0.15) is 0 Å². The van der Waals surface area contributed by atoms with Crippen LogP contribution in [0.25, 0.3) is 77.2 Å². The molecule has 0 bridgehead atoms. The van der Waals surface area contributed by atoms with Crippen LogP contribution in [0, 0.1) is 22.7 Å². The van der Waals surface area contributed by atoms with E-state index < -0.39 is 0 Å². The molecule has 3 nitrogen and oxygen atoms in total. The number of nitriles is 2. The quantitative estimate of drug-likeness (QED) is 0.155. The zero-order chi connectivity index (χ0) is 37.9. The Morgan fingerprint density at radius 3 is 1.39 bits per heavy atom. The molecule has 56 heavy (non-hydrogen) atoms. The van der Waals surface area contributed by atoms with Crippen LogP contribution in [0.5, 0.6) is 0 Å². The molecule has 0 heterocycles. The summed E-state index contributed by atoms with van der Waals surface area (Å²) in [6.45, 7) is 6.56. The van der Waals surface area contributed by atoms with E-state index in [-0.39, 0.29) is 0 Å². The van der Waals surface area contributed by atoms with Crippen LogP contribution in [0.4, 0.5) is 11.4 Å². The molecule has 2 aliphatic rings. The van der Waals surface area contributed by atoms with Gasteiger partial charge in [-0.1, -0.05) is 116 Å². The smallest absolute Gasteiger partial charge is 0.0991 e. The van der Waals surface area contributed by atoms with Crippen LogP contribution < -0.4 is 4.90 Å². The summed E-state index contributed by atoms with van der Waals surface area (Å²) in [5.41, 5.74) is 18.5. The summed E-state index contributed by atoms with van der Waals surface area (Å²) in [4.78, 5) is 2.26. The number of hydrogen-bond acceptors (Lipinski definition) is 3. The molecule has 8 aromatic carbocycles. The Morgan fingerprint density at radius 2 is 0.929 bits per heavy atom. The van der Waals surface area contributed by atoms with Gasteiger partial charge in [-0.05, 0) is 156 Å². The molecule has 0 spiro atoms. The summed E-state index contributed by atoms with van der Waals surface area (Å²) in [6, 6.07) is 59.3. The minimum absolute atomic E-state index is 0.633. The second kappa shape index (κ2) is 13.0. The van der Waals surface area contributed by atoms with E-state index in [1.807, 2.05) is 42.5 Å². The maximum absolute atomic E-state index is 9.68. The Balaban J connectivity index is 1.25. The molecule has 0 atom stereocenters. The topological polar surface area (TPSA) is 50.8 Å².